The fourth-order valence-electron chi connectivity index (χ4n) is 6.41. The van der Waals surface area contributed by atoms with Crippen molar-refractivity contribution < 1.29 is 30.0 Å². The van der Waals surface area contributed by atoms with Gasteiger partial charge in [0, 0.05) is 35.2 Å². The predicted octanol–water partition coefficient (Wildman–Crippen LogP) is 5.82. The third kappa shape index (κ3) is 5.89. The van der Waals surface area contributed by atoms with Gasteiger partial charge in [0.15, 0.2) is 0 Å². The number of methoxy groups -OCH3 is 1. The number of ether oxygens (including phenoxy) is 2. The maximum absolute atomic E-state index is 14.0. The molecule has 0 bridgehead atoms. The van der Waals surface area contributed by atoms with Crippen LogP contribution in [0.3, 0.4) is 0 Å². The van der Waals surface area contributed by atoms with Gasteiger partial charge in [-0.3, -0.25) is 14.6 Å². The van der Waals surface area contributed by atoms with Gasteiger partial charge >= 0.3 is 0 Å². The number of halogens is 1. The van der Waals surface area contributed by atoms with Crippen LogP contribution in [0.25, 0.3) is 22.2 Å². The van der Waals surface area contributed by atoms with E-state index in [4.69, 9.17) is 14.5 Å². The van der Waals surface area contributed by atoms with Crippen LogP contribution in [-0.2, 0) is 15.8 Å². The van der Waals surface area contributed by atoms with Crippen molar-refractivity contribution in [3.63, 3.8) is 0 Å². The summed E-state index contributed by atoms with van der Waals surface area (Å²) in [5, 5.41) is 18.7. The lowest BCUT2D eigenvalue weighted by Gasteiger charge is -2.37. The smallest absolute Gasteiger partial charge is 0.251 e. The van der Waals surface area contributed by atoms with Crippen LogP contribution in [0.2, 0.25) is 0 Å². The number of carbonyl (C=O) groups excluding carboxylic acids is 2. The first-order chi connectivity index (χ1) is 21.9. The second-order valence-corrected chi connectivity index (χ2v) is 13.1. The zero-order valence-corrected chi connectivity index (χ0v) is 26.6. The zero-order chi connectivity index (χ0) is 32.7. The molecule has 2 aromatic carbocycles. The molecule has 2 atom stereocenters. The summed E-state index contributed by atoms with van der Waals surface area (Å²) in [5.74, 6) is -0.112. The number of nitrogens with zero attached hydrogens (tertiary/aromatic N) is 2. The molecular formula is C36H41FN4O5. The Morgan fingerprint density at radius 3 is 2.57 bits per heavy atom. The van der Waals surface area contributed by atoms with Crippen LogP contribution in [0.1, 0.15) is 75.9 Å². The van der Waals surface area contributed by atoms with E-state index in [0.717, 1.165) is 37.5 Å². The van der Waals surface area contributed by atoms with E-state index in [1.807, 2.05) is 13.0 Å². The quantitative estimate of drug-likeness (QED) is 0.225. The van der Waals surface area contributed by atoms with Gasteiger partial charge < -0.3 is 25.2 Å². The molecule has 6 rings (SSSR count). The summed E-state index contributed by atoms with van der Waals surface area (Å²) in [6.45, 7) is 5.37. The minimum absolute atomic E-state index is 0. The van der Waals surface area contributed by atoms with Gasteiger partial charge in [-0.05, 0) is 82.1 Å². The van der Waals surface area contributed by atoms with Gasteiger partial charge in [-0.2, -0.15) is 0 Å². The highest BCUT2D eigenvalue weighted by Gasteiger charge is 2.47. The monoisotopic (exact) mass is 628 g/mol. The van der Waals surface area contributed by atoms with Crippen LogP contribution in [-0.4, -0.2) is 52.7 Å². The molecule has 2 amide bonds. The summed E-state index contributed by atoms with van der Waals surface area (Å²) in [6, 6.07) is 14.4. The maximum Gasteiger partial charge on any atom is 0.251 e. The number of aliphatic hydroxyl groups is 1. The highest BCUT2D eigenvalue weighted by Crippen LogP contribution is 2.46. The van der Waals surface area contributed by atoms with E-state index in [1.165, 1.54) is 19.2 Å². The highest BCUT2D eigenvalue weighted by molar-refractivity contribution is 6.00. The molecule has 3 heterocycles. The predicted molar refractivity (Wildman–Crippen MR) is 174 cm³/mol. The van der Waals surface area contributed by atoms with E-state index in [1.54, 1.807) is 49.5 Å². The largest absolute Gasteiger partial charge is 0.494 e. The topological polar surface area (TPSA) is 123 Å². The Morgan fingerprint density at radius 2 is 1.85 bits per heavy atom. The number of pyridine rings is 2. The average molecular weight is 629 g/mol. The molecule has 46 heavy (non-hydrogen) atoms. The first kappa shape index (κ1) is 31.4. The van der Waals surface area contributed by atoms with E-state index < -0.39 is 22.7 Å². The van der Waals surface area contributed by atoms with E-state index in [2.05, 4.69) is 22.5 Å². The van der Waals surface area contributed by atoms with Crippen molar-refractivity contribution in [3.8, 4) is 22.8 Å². The summed E-state index contributed by atoms with van der Waals surface area (Å²) >= 11 is 0. The summed E-state index contributed by atoms with van der Waals surface area (Å²) in [5.41, 5.74) is -0.298. The Labute approximate surface area is 269 Å². The summed E-state index contributed by atoms with van der Waals surface area (Å²) < 4.78 is 25.5. The Bertz CT molecular complexity index is 1810. The molecule has 0 radical (unpaired) electrons. The SMILES string of the molecule is COc1cc(C(=O)NC[C@](C)(O)c2cc3c(c(-c4ccc(F)cc4)n2)OC[C@]3(C)C(=O)NC2(C)CCCCC2)cc2cccnc12.[HH]. The van der Waals surface area contributed by atoms with E-state index in [9.17, 15) is 19.1 Å². The van der Waals surface area contributed by atoms with Crippen molar-refractivity contribution in [2.45, 2.75) is 69.4 Å². The van der Waals surface area contributed by atoms with Crippen molar-refractivity contribution in [1.29, 1.82) is 0 Å². The van der Waals surface area contributed by atoms with Gasteiger partial charge in [-0.1, -0.05) is 25.3 Å². The van der Waals surface area contributed by atoms with Gasteiger partial charge in [0.2, 0.25) is 5.91 Å². The lowest BCUT2D eigenvalue weighted by atomic mass is 9.78. The van der Waals surface area contributed by atoms with E-state index >= 15 is 0 Å². The van der Waals surface area contributed by atoms with Gasteiger partial charge in [0.05, 0.1) is 19.3 Å². The van der Waals surface area contributed by atoms with Crippen molar-refractivity contribution in [3.05, 3.63) is 83.4 Å². The normalized spacial score (nSPS) is 19.9. The molecule has 2 aromatic heterocycles. The number of hydrogen-bond acceptors (Lipinski definition) is 7. The average Bonchev–Trinajstić information content (AvgIpc) is 3.40. The molecule has 1 aliphatic heterocycles. The summed E-state index contributed by atoms with van der Waals surface area (Å²) in [4.78, 5) is 36.4. The Kier molecular flexibility index (Phi) is 8.18. The minimum atomic E-state index is -1.66. The fraction of sp³-hybridized carbons (Fsp3) is 0.389. The van der Waals surface area contributed by atoms with Crippen molar-refractivity contribution in [1.82, 2.24) is 20.6 Å². The van der Waals surface area contributed by atoms with Crippen LogP contribution in [0.4, 0.5) is 4.39 Å². The Balaban J connectivity index is 0.00000433. The first-order valence-corrected chi connectivity index (χ1v) is 15.6. The Hall–Kier alpha value is -4.57. The molecule has 1 saturated carbocycles. The molecule has 1 aliphatic carbocycles. The molecule has 3 N–H and O–H groups in total. The van der Waals surface area contributed by atoms with Crippen molar-refractivity contribution >= 4 is 22.7 Å². The molecule has 9 nitrogen and oxygen atoms in total. The maximum atomic E-state index is 14.0. The van der Waals surface area contributed by atoms with Crippen molar-refractivity contribution in [2.24, 2.45) is 0 Å². The van der Waals surface area contributed by atoms with E-state index in [0.29, 0.717) is 39.4 Å². The van der Waals surface area contributed by atoms with Crippen LogP contribution in [0.5, 0.6) is 11.5 Å². The molecule has 0 unspecified atom stereocenters. The third-order valence-electron chi connectivity index (χ3n) is 9.36. The molecule has 0 saturated heterocycles. The van der Waals surface area contributed by atoms with Gasteiger partial charge in [0.1, 0.15) is 46.1 Å². The number of fused-ring (bicyclic) bond motifs is 2. The lowest BCUT2D eigenvalue weighted by Crippen LogP contribution is -2.54. The standard InChI is InChI=1S/C36H39FN4O5.H2/c1-34(14-6-5-7-15-34)41-33(43)35(2)21-46-31-26(35)19-28(40-30(31)22-10-12-25(37)13-11-22)36(3,44)20-39-32(42)24-17-23-9-8-16-38-29(23)27(18-24)45-4;/h8-13,16-19,44H,5-7,14-15,20-21H2,1-4H3,(H,39,42)(H,41,43);1H/t35-,36-;/m0./s1. The molecule has 4 aromatic rings. The molecule has 242 valence electrons. The summed E-state index contributed by atoms with van der Waals surface area (Å²) in [7, 11) is 1.52. The zero-order valence-electron chi connectivity index (χ0n) is 26.6. The van der Waals surface area contributed by atoms with Gasteiger partial charge in [-0.25, -0.2) is 9.37 Å². The van der Waals surface area contributed by atoms with Crippen molar-refractivity contribution in [2.75, 3.05) is 20.3 Å². The van der Waals surface area contributed by atoms with Crippen LogP contribution in [0, 0.1) is 5.82 Å². The first-order valence-electron chi connectivity index (χ1n) is 15.6. The Morgan fingerprint density at radius 1 is 1.11 bits per heavy atom. The minimum Gasteiger partial charge on any atom is -0.494 e. The van der Waals surface area contributed by atoms with Gasteiger partial charge in [-0.15, -0.1) is 0 Å². The number of benzene rings is 2. The fourth-order valence-corrected chi connectivity index (χ4v) is 6.41. The number of nitrogens with one attached hydrogen (secondary N) is 2. The molecule has 10 heteroatoms. The number of hydrogen-bond donors (Lipinski definition) is 3. The lowest BCUT2D eigenvalue weighted by molar-refractivity contribution is -0.128. The number of carbonyl (C=O) groups is 2. The summed E-state index contributed by atoms with van der Waals surface area (Å²) in [6.07, 6.45) is 6.73. The molecule has 2 aliphatic rings. The van der Waals surface area contributed by atoms with Crippen LogP contribution >= 0.6 is 0 Å². The molecule has 1 fully saturated rings. The number of aromatic nitrogens is 2. The van der Waals surface area contributed by atoms with Crippen LogP contribution in [0.15, 0.2) is 60.8 Å². The number of rotatable bonds is 8. The molecule has 0 spiro atoms. The second kappa shape index (κ2) is 12.0. The van der Waals surface area contributed by atoms with E-state index in [-0.39, 0.29) is 31.7 Å². The number of amides is 2. The molecular weight excluding hydrogens is 587 g/mol. The second-order valence-electron chi connectivity index (χ2n) is 13.1. The highest BCUT2D eigenvalue weighted by atomic mass is 19.1. The van der Waals surface area contributed by atoms with Gasteiger partial charge in [0.25, 0.3) is 5.91 Å². The third-order valence-corrected chi connectivity index (χ3v) is 9.36. The van der Waals surface area contributed by atoms with Crippen LogP contribution < -0.4 is 20.1 Å².